The first-order chi connectivity index (χ1) is 12.3. The van der Waals surface area contributed by atoms with Crippen molar-refractivity contribution in [2.75, 3.05) is 13.7 Å². The van der Waals surface area contributed by atoms with Gasteiger partial charge in [-0.15, -0.1) is 0 Å². The molecule has 3 heteroatoms. The van der Waals surface area contributed by atoms with Gasteiger partial charge in [0.2, 0.25) is 0 Å². The van der Waals surface area contributed by atoms with Gasteiger partial charge >= 0.3 is 5.97 Å². The Bertz CT molecular complexity index is 430. The number of unbranched alkanes of at least 4 members (excludes halogenated alkanes) is 9. The van der Waals surface area contributed by atoms with E-state index in [0.717, 1.165) is 12.8 Å². The molecule has 0 N–H and O–H groups in total. The minimum atomic E-state index is -0.272. The molecule has 0 aromatic heterocycles. The van der Waals surface area contributed by atoms with Crippen molar-refractivity contribution in [3.8, 4) is 0 Å². The first-order valence-electron chi connectivity index (χ1n) is 10.0. The third-order valence-corrected chi connectivity index (χ3v) is 4.62. The molecule has 142 valence electrons. The van der Waals surface area contributed by atoms with E-state index in [0.29, 0.717) is 12.2 Å². The highest BCUT2D eigenvalue weighted by atomic mass is 16.6. The van der Waals surface area contributed by atoms with Crippen LogP contribution in [0.3, 0.4) is 0 Å². The minimum Gasteiger partial charge on any atom is -0.459 e. The molecule has 0 heterocycles. The number of benzene rings is 1. The van der Waals surface area contributed by atoms with Crippen LogP contribution in [0.4, 0.5) is 0 Å². The third-order valence-electron chi connectivity index (χ3n) is 4.62. The van der Waals surface area contributed by atoms with Gasteiger partial charge in [0, 0.05) is 7.11 Å². The number of methoxy groups -OCH3 is 1. The maximum Gasteiger partial charge on any atom is 0.338 e. The largest absolute Gasteiger partial charge is 0.459 e. The molecule has 0 saturated carbocycles. The summed E-state index contributed by atoms with van der Waals surface area (Å²) in [5.41, 5.74) is 0.594. The molecule has 1 aromatic carbocycles. The van der Waals surface area contributed by atoms with Crippen molar-refractivity contribution < 1.29 is 14.3 Å². The number of carbonyl (C=O) groups excluding carboxylic acids is 1. The molecule has 0 aliphatic rings. The second-order valence-corrected chi connectivity index (χ2v) is 6.79. The Morgan fingerprint density at radius 1 is 0.880 bits per heavy atom. The fourth-order valence-corrected chi connectivity index (χ4v) is 2.95. The first-order valence-corrected chi connectivity index (χ1v) is 10.0. The summed E-state index contributed by atoms with van der Waals surface area (Å²) in [4.78, 5) is 11.9. The number of rotatable bonds is 15. The van der Waals surface area contributed by atoms with Crippen LogP contribution < -0.4 is 0 Å². The molecule has 3 nitrogen and oxygen atoms in total. The predicted molar refractivity (Wildman–Crippen MR) is 104 cm³/mol. The summed E-state index contributed by atoms with van der Waals surface area (Å²) in [5, 5.41) is 0. The Morgan fingerprint density at radius 2 is 1.44 bits per heavy atom. The predicted octanol–water partition coefficient (Wildman–Crippen LogP) is 6.17. The first kappa shape index (κ1) is 21.7. The van der Waals surface area contributed by atoms with Crippen molar-refractivity contribution in [3.05, 3.63) is 35.9 Å². The molecule has 1 atom stereocenters. The maximum atomic E-state index is 11.9. The maximum absolute atomic E-state index is 11.9. The van der Waals surface area contributed by atoms with E-state index in [1.807, 2.05) is 18.2 Å². The molecule has 0 aliphatic heterocycles. The normalized spacial score (nSPS) is 12.1. The lowest BCUT2D eigenvalue weighted by molar-refractivity contribution is 0.00718. The zero-order valence-corrected chi connectivity index (χ0v) is 16.2. The van der Waals surface area contributed by atoms with Gasteiger partial charge in [0.05, 0.1) is 11.7 Å². The van der Waals surface area contributed by atoms with Crippen LogP contribution in [-0.2, 0) is 9.47 Å². The van der Waals surface area contributed by atoms with E-state index in [1.54, 1.807) is 19.2 Å². The van der Waals surface area contributed by atoms with Crippen LogP contribution in [0.25, 0.3) is 0 Å². The molecule has 0 fully saturated rings. The SMILES string of the molecule is CCCCCCCCCCCCC(COC(=O)c1ccccc1)OC. The summed E-state index contributed by atoms with van der Waals surface area (Å²) in [6, 6.07) is 9.11. The molecule has 25 heavy (non-hydrogen) atoms. The highest BCUT2D eigenvalue weighted by Gasteiger charge is 2.12. The second-order valence-electron chi connectivity index (χ2n) is 6.79. The molecule has 0 spiro atoms. The second kappa shape index (κ2) is 14.9. The van der Waals surface area contributed by atoms with Crippen LogP contribution in [0, 0.1) is 0 Å². The van der Waals surface area contributed by atoms with Crippen LogP contribution in [0.1, 0.15) is 87.9 Å². The van der Waals surface area contributed by atoms with Crippen molar-refractivity contribution in [3.63, 3.8) is 0 Å². The molecule has 1 aromatic rings. The molecule has 0 bridgehead atoms. The van der Waals surface area contributed by atoms with Gasteiger partial charge in [0.1, 0.15) is 6.61 Å². The lowest BCUT2D eigenvalue weighted by Gasteiger charge is -2.15. The fraction of sp³-hybridized carbons (Fsp3) is 0.682. The molecule has 0 saturated heterocycles. The smallest absolute Gasteiger partial charge is 0.338 e. The number of hydrogen-bond acceptors (Lipinski definition) is 3. The van der Waals surface area contributed by atoms with Crippen molar-refractivity contribution in [2.45, 2.75) is 83.7 Å². The van der Waals surface area contributed by atoms with E-state index >= 15 is 0 Å². The highest BCUT2D eigenvalue weighted by Crippen LogP contribution is 2.13. The van der Waals surface area contributed by atoms with Gasteiger partial charge in [-0.1, -0.05) is 89.3 Å². The summed E-state index contributed by atoms with van der Waals surface area (Å²) in [5.74, 6) is -0.272. The monoisotopic (exact) mass is 348 g/mol. The van der Waals surface area contributed by atoms with Gasteiger partial charge in [-0.3, -0.25) is 0 Å². The van der Waals surface area contributed by atoms with Gasteiger partial charge in [-0.2, -0.15) is 0 Å². The Kier molecular flexibility index (Phi) is 13.0. The van der Waals surface area contributed by atoms with Gasteiger partial charge < -0.3 is 9.47 Å². The standard InChI is InChI=1S/C22H36O3/c1-3-4-5-6-7-8-9-10-11-15-18-21(24-2)19-25-22(23)20-16-13-12-14-17-20/h12-14,16-17,21H,3-11,15,18-19H2,1-2H3. The molecule has 0 amide bonds. The van der Waals surface area contributed by atoms with E-state index < -0.39 is 0 Å². The summed E-state index contributed by atoms with van der Waals surface area (Å²) < 4.78 is 10.8. The molecule has 0 aliphatic carbocycles. The average molecular weight is 349 g/mol. The zero-order valence-electron chi connectivity index (χ0n) is 16.2. The quantitative estimate of drug-likeness (QED) is 0.281. The van der Waals surface area contributed by atoms with E-state index in [-0.39, 0.29) is 12.1 Å². The zero-order chi connectivity index (χ0) is 18.2. The van der Waals surface area contributed by atoms with Crippen LogP contribution >= 0.6 is 0 Å². The van der Waals surface area contributed by atoms with E-state index in [2.05, 4.69) is 6.92 Å². The van der Waals surface area contributed by atoms with Gasteiger partial charge in [-0.25, -0.2) is 4.79 Å². The number of esters is 1. The van der Waals surface area contributed by atoms with Crippen molar-refractivity contribution >= 4 is 5.97 Å². The lowest BCUT2D eigenvalue weighted by Crippen LogP contribution is -2.21. The number of ether oxygens (including phenoxy) is 2. The van der Waals surface area contributed by atoms with Gasteiger partial charge in [-0.05, 0) is 18.6 Å². The number of hydrogen-bond donors (Lipinski definition) is 0. The minimum absolute atomic E-state index is 0.00158. The van der Waals surface area contributed by atoms with Crippen molar-refractivity contribution in [1.29, 1.82) is 0 Å². The highest BCUT2D eigenvalue weighted by molar-refractivity contribution is 5.89. The van der Waals surface area contributed by atoms with Gasteiger partial charge in [0.25, 0.3) is 0 Å². The van der Waals surface area contributed by atoms with E-state index in [1.165, 1.54) is 57.8 Å². The Hall–Kier alpha value is -1.35. The fourth-order valence-electron chi connectivity index (χ4n) is 2.95. The third kappa shape index (κ3) is 11.0. The van der Waals surface area contributed by atoms with E-state index in [4.69, 9.17) is 9.47 Å². The molecular formula is C22H36O3. The lowest BCUT2D eigenvalue weighted by atomic mass is 10.0. The molecule has 0 radical (unpaired) electrons. The van der Waals surface area contributed by atoms with Gasteiger partial charge in [0.15, 0.2) is 0 Å². The van der Waals surface area contributed by atoms with Crippen LogP contribution in [-0.4, -0.2) is 25.8 Å². The Balaban J connectivity index is 2.02. The van der Waals surface area contributed by atoms with E-state index in [9.17, 15) is 4.79 Å². The Morgan fingerprint density at radius 3 is 2.00 bits per heavy atom. The summed E-state index contributed by atoms with van der Waals surface area (Å²) in [6.45, 7) is 2.59. The Labute approximate surface area is 154 Å². The molecular weight excluding hydrogens is 312 g/mol. The molecule has 1 unspecified atom stereocenters. The summed E-state index contributed by atoms with van der Waals surface area (Å²) in [7, 11) is 1.69. The van der Waals surface area contributed by atoms with Crippen LogP contribution in [0.2, 0.25) is 0 Å². The average Bonchev–Trinajstić information content (AvgIpc) is 2.66. The summed E-state index contributed by atoms with van der Waals surface area (Å²) in [6.07, 6.45) is 14.2. The van der Waals surface area contributed by atoms with Crippen LogP contribution in [0.5, 0.6) is 0 Å². The summed E-state index contributed by atoms with van der Waals surface area (Å²) >= 11 is 0. The topological polar surface area (TPSA) is 35.5 Å². The molecule has 1 rings (SSSR count). The number of carbonyl (C=O) groups is 1. The van der Waals surface area contributed by atoms with Crippen molar-refractivity contribution in [1.82, 2.24) is 0 Å². The van der Waals surface area contributed by atoms with Crippen LogP contribution in [0.15, 0.2) is 30.3 Å². The van der Waals surface area contributed by atoms with Crippen molar-refractivity contribution in [2.24, 2.45) is 0 Å².